The number of hydrogen-bond acceptors (Lipinski definition) is 4. The molecule has 1 amide bonds. The van der Waals surface area contributed by atoms with Gasteiger partial charge in [-0.15, -0.1) is 0 Å². The van der Waals surface area contributed by atoms with Crippen LogP contribution < -0.4 is 9.64 Å². The first kappa shape index (κ1) is 13.3. The maximum Gasteiger partial charge on any atom is 0.265 e. The number of ether oxygens (including phenoxy) is 3. The fourth-order valence-corrected chi connectivity index (χ4v) is 2.12. The summed E-state index contributed by atoms with van der Waals surface area (Å²) < 4.78 is 16.5. The first-order chi connectivity index (χ1) is 8.65. The van der Waals surface area contributed by atoms with Gasteiger partial charge in [0.15, 0.2) is 12.9 Å². The van der Waals surface area contributed by atoms with Crippen LogP contribution in [0, 0.1) is 0 Å². The molecule has 1 aliphatic rings. The van der Waals surface area contributed by atoms with Crippen LogP contribution in [0.5, 0.6) is 5.75 Å². The predicted molar refractivity (Wildman–Crippen MR) is 69.8 cm³/mol. The van der Waals surface area contributed by atoms with Gasteiger partial charge in [0.25, 0.3) is 5.91 Å². The Morgan fingerprint density at radius 1 is 1.44 bits per heavy atom. The molecule has 0 N–H and O–H groups in total. The summed E-state index contributed by atoms with van der Waals surface area (Å²) in [5.74, 6) is 0.573. The third-order valence-electron chi connectivity index (χ3n) is 2.72. The number of hydrogen-bond donors (Lipinski definition) is 0. The number of rotatable bonds is 4. The van der Waals surface area contributed by atoms with Crippen LogP contribution in [-0.2, 0) is 14.3 Å². The molecule has 1 aromatic carbocycles. The van der Waals surface area contributed by atoms with E-state index in [9.17, 15) is 4.79 Å². The average Bonchev–Trinajstić information content (AvgIpc) is 2.38. The Hall–Kier alpha value is -1.11. The molecule has 0 saturated heterocycles. The van der Waals surface area contributed by atoms with Crippen molar-refractivity contribution in [2.24, 2.45) is 0 Å². The minimum Gasteiger partial charge on any atom is -0.482 e. The summed E-state index contributed by atoms with van der Waals surface area (Å²) in [5, 5.41) is 0. The molecule has 18 heavy (non-hydrogen) atoms. The summed E-state index contributed by atoms with van der Waals surface area (Å²) in [7, 11) is 3.09. The van der Waals surface area contributed by atoms with Crippen LogP contribution in [0.15, 0.2) is 22.7 Å². The van der Waals surface area contributed by atoms with E-state index in [-0.39, 0.29) is 12.5 Å². The van der Waals surface area contributed by atoms with Crippen molar-refractivity contribution in [2.45, 2.75) is 6.29 Å². The molecule has 0 atom stereocenters. The normalized spacial score (nSPS) is 14.7. The van der Waals surface area contributed by atoms with E-state index >= 15 is 0 Å². The SMILES string of the molecule is COC(CN1C(=O)COc2ccc(Br)cc21)OC. The number of amides is 1. The minimum absolute atomic E-state index is 0.0365. The van der Waals surface area contributed by atoms with Crippen molar-refractivity contribution < 1.29 is 19.0 Å². The van der Waals surface area contributed by atoms with Gasteiger partial charge in [0.2, 0.25) is 0 Å². The molecule has 0 spiro atoms. The van der Waals surface area contributed by atoms with Crippen molar-refractivity contribution in [3.05, 3.63) is 22.7 Å². The fraction of sp³-hybridized carbons (Fsp3) is 0.417. The number of methoxy groups -OCH3 is 2. The molecule has 1 aromatic rings. The Balaban J connectivity index is 2.29. The molecular weight excluding hydrogens is 302 g/mol. The molecule has 1 heterocycles. The van der Waals surface area contributed by atoms with Gasteiger partial charge in [-0.3, -0.25) is 4.79 Å². The second kappa shape index (κ2) is 5.69. The van der Waals surface area contributed by atoms with E-state index in [0.29, 0.717) is 12.3 Å². The Kier molecular flexibility index (Phi) is 4.21. The summed E-state index contributed by atoms with van der Waals surface area (Å²) >= 11 is 3.38. The Morgan fingerprint density at radius 3 is 2.83 bits per heavy atom. The van der Waals surface area contributed by atoms with E-state index in [4.69, 9.17) is 14.2 Å². The van der Waals surface area contributed by atoms with Crippen molar-refractivity contribution in [3.8, 4) is 5.75 Å². The predicted octanol–water partition coefficient (Wildman–Crippen LogP) is 1.79. The lowest BCUT2D eigenvalue weighted by Gasteiger charge is -2.31. The molecule has 5 nitrogen and oxygen atoms in total. The second-order valence-corrected chi connectivity index (χ2v) is 4.72. The van der Waals surface area contributed by atoms with Gasteiger partial charge in [0.1, 0.15) is 5.75 Å². The van der Waals surface area contributed by atoms with E-state index in [1.54, 1.807) is 19.1 Å². The smallest absolute Gasteiger partial charge is 0.265 e. The largest absolute Gasteiger partial charge is 0.482 e. The first-order valence-electron chi connectivity index (χ1n) is 5.44. The number of nitrogens with zero attached hydrogens (tertiary/aromatic N) is 1. The molecular formula is C12H14BrNO4. The summed E-state index contributed by atoms with van der Waals surface area (Å²) in [6, 6.07) is 5.54. The molecule has 0 aliphatic carbocycles. The van der Waals surface area contributed by atoms with Gasteiger partial charge in [0.05, 0.1) is 12.2 Å². The third-order valence-corrected chi connectivity index (χ3v) is 3.21. The van der Waals surface area contributed by atoms with Crippen LogP contribution in [0.1, 0.15) is 0 Å². The van der Waals surface area contributed by atoms with Crippen LogP contribution in [0.2, 0.25) is 0 Å². The number of anilines is 1. The summed E-state index contributed by atoms with van der Waals surface area (Å²) in [6.07, 6.45) is -0.459. The van der Waals surface area contributed by atoms with E-state index in [1.165, 1.54) is 0 Å². The van der Waals surface area contributed by atoms with Gasteiger partial charge in [0, 0.05) is 18.7 Å². The van der Waals surface area contributed by atoms with Crippen molar-refractivity contribution in [3.63, 3.8) is 0 Å². The highest BCUT2D eigenvalue weighted by molar-refractivity contribution is 9.10. The lowest BCUT2D eigenvalue weighted by molar-refractivity contribution is -0.125. The van der Waals surface area contributed by atoms with E-state index in [1.807, 2.05) is 18.2 Å². The van der Waals surface area contributed by atoms with Crippen LogP contribution in [0.4, 0.5) is 5.69 Å². The Morgan fingerprint density at radius 2 is 2.17 bits per heavy atom. The highest BCUT2D eigenvalue weighted by atomic mass is 79.9. The van der Waals surface area contributed by atoms with Gasteiger partial charge in [-0.25, -0.2) is 0 Å². The maximum atomic E-state index is 11.9. The van der Waals surface area contributed by atoms with Crippen molar-refractivity contribution >= 4 is 27.5 Å². The minimum atomic E-state index is -0.459. The molecule has 0 aromatic heterocycles. The molecule has 0 fully saturated rings. The lowest BCUT2D eigenvalue weighted by Crippen LogP contribution is -2.44. The quantitative estimate of drug-likeness (QED) is 0.795. The lowest BCUT2D eigenvalue weighted by atomic mass is 10.2. The molecule has 0 radical (unpaired) electrons. The van der Waals surface area contributed by atoms with Gasteiger partial charge in [-0.1, -0.05) is 15.9 Å². The molecule has 0 saturated carbocycles. The number of carbonyl (C=O) groups is 1. The standard InChI is InChI=1S/C12H14BrNO4/c1-16-12(17-2)6-14-9-5-8(13)3-4-10(9)18-7-11(14)15/h3-5,12H,6-7H2,1-2H3. The summed E-state index contributed by atoms with van der Waals surface area (Å²) in [5.41, 5.74) is 0.722. The van der Waals surface area contributed by atoms with Gasteiger partial charge < -0.3 is 19.1 Å². The van der Waals surface area contributed by atoms with Crippen LogP contribution in [0.3, 0.4) is 0 Å². The topological polar surface area (TPSA) is 48.0 Å². The summed E-state index contributed by atoms with van der Waals surface area (Å²) in [4.78, 5) is 13.5. The van der Waals surface area contributed by atoms with Crippen LogP contribution in [-0.4, -0.2) is 39.6 Å². The fourth-order valence-electron chi connectivity index (χ4n) is 1.77. The van der Waals surface area contributed by atoms with Crippen LogP contribution in [0.25, 0.3) is 0 Å². The first-order valence-corrected chi connectivity index (χ1v) is 6.23. The molecule has 1 aliphatic heterocycles. The molecule has 2 rings (SSSR count). The Bertz CT molecular complexity index is 448. The molecule has 6 heteroatoms. The summed E-state index contributed by atoms with van der Waals surface area (Å²) in [6.45, 7) is 0.368. The molecule has 0 unspecified atom stereocenters. The highest BCUT2D eigenvalue weighted by Gasteiger charge is 2.27. The zero-order chi connectivity index (χ0) is 13.1. The third kappa shape index (κ3) is 2.66. The second-order valence-electron chi connectivity index (χ2n) is 3.81. The molecule has 0 bridgehead atoms. The monoisotopic (exact) mass is 315 g/mol. The van der Waals surface area contributed by atoms with E-state index in [2.05, 4.69) is 15.9 Å². The average molecular weight is 316 g/mol. The van der Waals surface area contributed by atoms with Crippen molar-refractivity contribution in [1.82, 2.24) is 0 Å². The van der Waals surface area contributed by atoms with Crippen molar-refractivity contribution in [2.75, 3.05) is 32.3 Å². The zero-order valence-corrected chi connectivity index (χ0v) is 11.8. The highest BCUT2D eigenvalue weighted by Crippen LogP contribution is 2.34. The van der Waals surface area contributed by atoms with Gasteiger partial charge in [-0.05, 0) is 18.2 Å². The maximum absolute atomic E-state index is 11.9. The number of halogens is 1. The number of carbonyl (C=O) groups excluding carboxylic acids is 1. The molecule has 98 valence electrons. The van der Waals surface area contributed by atoms with Crippen LogP contribution >= 0.6 is 15.9 Å². The van der Waals surface area contributed by atoms with Gasteiger partial charge >= 0.3 is 0 Å². The Labute approximate surface area is 114 Å². The van der Waals surface area contributed by atoms with Crippen molar-refractivity contribution in [1.29, 1.82) is 0 Å². The zero-order valence-electron chi connectivity index (χ0n) is 10.2. The van der Waals surface area contributed by atoms with E-state index in [0.717, 1.165) is 10.2 Å². The van der Waals surface area contributed by atoms with E-state index < -0.39 is 6.29 Å². The number of fused-ring (bicyclic) bond motifs is 1. The number of benzene rings is 1. The van der Waals surface area contributed by atoms with Gasteiger partial charge in [-0.2, -0.15) is 0 Å².